The predicted octanol–water partition coefficient (Wildman–Crippen LogP) is 1.54. The molecule has 0 bridgehead atoms. The van der Waals surface area contributed by atoms with Crippen molar-refractivity contribution in [1.82, 2.24) is 4.98 Å². The predicted molar refractivity (Wildman–Crippen MR) is 44.7 cm³/mol. The number of hydrogen-bond acceptors (Lipinski definition) is 4. The van der Waals surface area contributed by atoms with E-state index in [1.807, 2.05) is 19.1 Å². The Morgan fingerprint density at radius 3 is 3.18 bits per heavy atom. The number of pyridine rings is 1. The molecule has 3 nitrogen and oxygen atoms in total. The van der Waals surface area contributed by atoms with E-state index in [1.54, 1.807) is 6.20 Å². The van der Waals surface area contributed by atoms with Crippen molar-refractivity contribution in [2.24, 2.45) is 5.90 Å². The third-order valence-electron chi connectivity index (χ3n) is 1.32. The number of rotatable bonds is 3. The summed E-state index contributed by atoms with van der Waals surface area (Å²) in [6, 6.07) is 3.80. The molecule has 0 aliphatic rings. The molecule has 0 spiro atoms. The van der Waals surface area contributed by atoms with E-state index in [9.17, 15) is 0 Å². The topological polar surface area (TPSA) is 48.1 Å². The van der Waals surface area contributed by atoms with E-state index in [0.29, 0.717) is 0 Å². The van der Waals surface area contributed by atoms with Crippen molar-refractivity contribution >= 4 is 12.0 Å². The number of aromatic nitrogens is 1. The van der Waals surface area contributed by atoms with Gasteiger partial charge in [0.05, 0.1) is 22.6 Å². The lowest BCUT2D eigenvalue weighted by atomic mass is 10.3. The first-order valence-electron chi connectivity index (χ1n) is 3.35. The Morgan fingerprint density at radius 1 is 1.73 bits per heavy atom. The van der Waals surface area contributed by atoms with Crippen LogP contribution in [0.4, 0.5) is 0 Å². The maximum absolute atomic E-state index is 4.92. The van der Waals surface area contributed by atoms with E-state index >= 15 is 0 Å². The molecule has 1 rings (SSSR count). The number of nitrogens with zero attached hydrogens (tertiary/aromatic N) is 1. The van der Waals surface area contributed by atoms with E-state index < -0.39 is 0 Å². The molecule has 0 atom stereocenters. The third-order valence-corrected chi connectivity index (χ3v) is 1.97. The van der Waals surface area contributed by atoms with Gasteiger partial charge in [0.2, 0.25) is 0 Å². The summed E-state index contributed by atoms with van der Waals surface area (Å²) in [5.41, 5.74) is 1.02. The Balaban J connectivity index is 2.83. The van der Waals surface area contributed by atoms with E-state index in [0.717, 1.165) is 29.1 Å². The van der Waals surface area contributed by atoms with Gasteiger partial charge < -0.3 is 0 Å². The minimum absolute atomic E-state index is 0.895. The quantitative estimate of drug-likeness (QED) is 0.552. The summed E-state index contributed by atoms with van der Waals surface area (Å²) in [5.74, 6) is 4.92. The molecule has 0 aliphatic heterocycles. The molecule has 0 aromatic carbocycles. The first-order chi connectivity index (χ1) is 5.38. The molecule has 2 N–H and O–H groups in total. The minimum Gasteiger partial charge on any atom is -0.260 e. The van der Waals surface area contributed by atoms with Crippen molar-refractivity contribution in [2.45, 2.75) is 18.2 Å². The van der Waals surface area contributed by atoms with Crippen LogP contribution < -0.4 is 5.90 Å². The fourth-order valence-corrected chi connectivity index (χ4v) is 1.35. The van der Waals surface area contributed by atoms with Crippen LogP contribution in [0.2, 0.25) is 0 Å². The molecule has 0 saturated carbocycles. The first-order valence-corrected chi connectivity index (χ1v) is 4.10. The summed E-state index contributed by atoms with van der Waals surface area (Å²) in [6.45, 7) is 2.04. The van der Waals surface area contributed by atoms with Crippen LogP contribution in [0.5, 0.6) is 0 Å². The summed E-state index contributed by atoms with van der Waals surface area (Å²) >= 11 is 1.14. The van der Waals surface area contributed by atoms with Crippen LogP contribution in [-0.2, 0) is 10.7 Å². The van der Waals surface area contributed by atoms with Crippen LogP contribution in [0.3, 0.4) is 0 Å². The molecule has 1 aromatic heterocycles. The number of nitrogens with two attached hydrogens (primary N) is 1. The summed E-state index contributed by atoms with van der Waals surface area (Å²) in [6.07, 6.45) is 2.66. The van der Waals surface area contributed by atoms with Gasteiger partial charge in [-0.2, -0.15) is 0 Å². The Kier molecular flexibility index (Phi) is 3.35. The highest BCUT2D eigenvalue weighted by atomic mass is 32.2. The van der Waals surface area contributed by atoms with Crippen LogP contribution in [0.25, 0.3) is 0 Å². The van der Waals surface area contributed by atoms with Crippen molar-refractivity contribution in [3.63, 3.8) is 0 Å². The zero-order valence-electron chi connectivity index (χ0n) is 6.28. The maximum atomic E-state index is 4.92. The molecular weight excluding hydrogens is 160 g/mol. The van der Waals surface area contributed by atoms with Crippen LogP contribution in [-0.4, -0.2) is 4.98 Å². The molecule has 0 unspecified atom stereocenters. The van der Waals surface area contributed by atoms with Gasteiger partial charge in [-0.3, -0.25) is 4.98 Å². The zero-order valence-corrected chi connectivity index (χ0v) is 7.10. The zero-order chi connectivity index (χ0) is 8.10. The van der Waals surface area contributed by atoms with Crippen molar-refractivity contribution in [1.29, 1.82) is 0 Å². The van der Waals surface area contributed by atoms with Gasteiger partial charge >= 0.3 is 0 Å². The standard InChI is InChI=1S/C7H10N2OS/c1-2-6-7(11-10-8)4-3-5-9-6/h3-5H,2,8H2,1H3. The molecule has 60 valence electrons. The third kappa shape index (κ3) is 2.18. The average Bonchev–Trinajstić information content (AvgIpc) is 2.06. The SMILES string of the molecule is CCc1ncccc1SON. The van der Waals surface area contributed by atoms with Gasteiger partial charge in [-0.25, -0.2) is 10.2 Å². The lowest BCUT2D eigenvalue weighted by Gasteiger charge is -2.01. The highest BCUT2D eigenvalue weighted by molar-refractivity contribution is 7.94. The fourth-order valence-electron chi connectivity index (χ4n) is 0.816. The Morgan fingerprint density at radius 2 is 2.55 bits per heavy atom. The normalized spacial score (nSPS) is 10.0. The molecule has 1 aromatic rings. The molecule has 0 fully saturated rings. The monoisotopic (exact) mass is 170 g/mol. The summed E-state index contributed by atoms with van der Waals surface area (Å²) < 4.78 is 4.45. The van der Waals surface area contributed by atoms with E-state index in [2.05, 4.69) is 9.27 Å². The largest absolute Gasteiger partial charge is 0.260 e. The van der Waals surface area contributed by atoms with Crippen molar-refractivity contribution in [2.75, 3.05) is 0 Å². The molecule has 0 aliphatic carbocycles. The molecule has 0 amide bonds. The maximum Gasteiger partial charge on any atom is 0.0588 e. The van der Waals surface area contributed by atoms with Gasteiger partial charge in [0, 0.05) is 6.20 Å². The van der Waals surface area contributed by atoms with Gasteiger partial charge in [0.1, 0.15) is 0 Å². The lowest BCUT2D eigenvalue weighted by molar-refractivity contribution is 0.397. The second kappa shape index (κ2) is 4.33. The summed E-state index contributed by atoms with van der Waals surface area (Å²) in [5, 5.41) is 0. The summed E-state index contributed by atoms with van der Waals surface area (Å²) in [4.78, 5) is 5.14. The van der Waals surface area contributed by atoms with Gasteiger partial charge in [-0.1, -0.05) is 6.92 Å². The molecule has 0 radical (unpaired) electrons. The van der Waals surface area contributed by atoms with Crippen LogP contribution >= 0.6 is 12.0 Å². The van der Waals surface area contributed by atoms with E-state index in [-0.39, 0.29) is 0 Å². The van der Waals surface area contributed by atoms with Crippen molar-refractivity contribution < 1.29 is 4.28 Å². The smallest absolute Gasteiger partial charge is 0.0588 e. The Hall–Kier alpha value is -0.580. The van der Waals surface area contributed by atoms with Crippen LogP contribution in [0.15, 0.2) is 23.2 Å². The second-order valence-corrected chi connectivity index (χ2v) is 2.78. The Bertz CT molecular complexity index is 229. The molecular formula is C7H10N2OS. The van der Waals surface area contributed by atoms with Gasteiger partial charge in [-0.05, 0) is 18.6 Å². The second-order valence-electron chi connectivity index (χ2n) is 1.98. The van der Waals surface area contributed by atoms with E-state index in [4.69, 9.17) is 5.90 Å². The van der Waals surface area contributed by atoms with Gasteiger partial charge in [-0.15, -0.1) is 0 Å². The van der Waals surface area contributed by atoms with E-state index in [1.165, 1.54) is 0 Å². The van der Waals surface area contributed by atoms with Crippen molar-refractivity contribution in [3.05, 3.63) is 24.0 Å². The molecule has 11 heavy (non-hydrogen) atoms. The van der Waals surface area contributed by atoms with Crippen LogP contribution in [0.1, 0.15) is 12.6 Å². The minimum atomic E-state index is 0.895. The first kappa shape index (κ1) is 8.52. The highest BCUT2D eigenvalue weighted by Gasteiger charge is 2.00. The average molecular weight is 170 g/mol. The van der Waals surface area contributed by atoms with Crippen molar-refractivity contribution in [3.8, 4) is 0 Å². The van der Waals surface area contributed by atoms with Crippen LogP contribution in [0, 0.1) is 0 Å². The number of hydrogen-bond donors (Lipinski definition) is 1. The van der Waals surface area contributed by atoms with Gasteiger partial charge in [0.15, 0.2) is 0 Å². The summed E-state index contributed by atoms with van der Waals surface area (Å²) in [7, 11) is 0. The highest BCUT2D eigenvalue weighted by Crippen LogP contribution is 2.19. The number of aryl methyl sites for hydroxylation is 1. The molecule has 1 heterocycles. The molecule has 4 heteroatoms. The molecule has 0 saturated heterocycles. The lowest BCUT2D eigenvalue weighted by Crippen LogP contribution is -1.93. The fraction of sp³-hybridized carbons (Fsp3) is 0.286. The van der Waals surface area contributed by atoms with Gasteiger partial charge in [0.25, 0.3) is 0 Å². The Labute approximate surface area is 70.1 Å².